The summed E-state index contributed by atoms with van der Waals surface area (Å²) in [7, 11) is 0. The maximum atomic E-state index is 13.0. The second-order valence-electron chi connectivity index (χ2n) is 5.20. The third-order valence-corrected chi connectivity index (χ3v) is 3.37. The lowest BCUT2D eigenvalue weighted by Crippen LogP contribution is -2.31. The summed E-state index contributed by atoms with van der Waals surface area (Å²) in [5.41, 5.74) is 1.19. The van der Waals surface area contributed by atoms with E-state index in [1.165, 1.54) is 18.2 Å². The molecule has 1 atom stereocenters. The largest absolute Gasteiger partial charge is 0.452 e. The molecule has 1 N–H and O–H groups in total. The number of carbonyl (C=O) groups is 2. The van der Waals surface area contributed by atoms with Gasteiger partial charge in [-0.25, -0.2) is 9.18 Å². The van der Waals surface area contributed by atoms with Crippen LogP contribution >= 0.6 is 0 Å². The molecule has 0 saturated heterocycles. The van der Waals surface area contributed by atoms with Gasteiger partial charge < -0.3 is 10.1 Å². The number of carbonyl (C=O) groups excluding carboxylic acids is 2. The van der Waals surface area contributed by atoms with Gasteiger partial charge in [-0.05, 0) is 29.7 Å². The molecule has 0 aliphatic rings. The van der Waals surface area contributed by atoms with Gasteiger partial charge in [0.05, 0.1) is 5.56 Å². The standard InChI is InChI=1S/C18H18FNO3/c1-13(14-6-3-2-4-7-14)11-20-17(21)12-23-18(22)15-8-5-9-16(19)10-15/h2-10,13H,11-12H2,1H3,(H,20,21)/t13-/m0/s1. The summed E-state index contributed by atoms with van der Waals surface area (Å²) in [6, 6.07) is 14.9. The van der Waals surface area contributed by atoms with E-state index in [1.54, 1.807) is 0 Å². The predicted octanol–water partition coefficient (Wildman–Crippen LogP) is 2.90. The lowest BCUT2D eigenvalue weighted by molar-refractivity contribution is -0.124. The smallest absolute Gasteiger partial charge is 0.338 e. The lowest BCUT2D eigenvalue weighted by Gasteiger charge is -2.13. The average Bonchev–Trinajstić information content (AvgIpc) is 2.58. The zero-order chi connectivity index (χ0) is 16.7. The Kier molecular flexibility index (Phi) is 5.86. The average molecular weight is 315 g/mol. The van der Waals surface area contributed by atoms with Crippen molar-refractivity contribution in [3.8, 4) is 0 Å². The maximum absolute atomic E-state index is 13.0. The molecule has 0 saturated carbocycles. The molecule has 23 heavy (non-hydrogen) atoms. The van der Waals surface area contributed by atoms with Gasteiger partial charge in [0.1, 0.15) is 5.82 Å². The van der Waals surface area contributed by atoms with Crippen LogP contribution in [0.25, 0.3) is 0 Å². The molecule has 0 radical (unpaired) electrons. The van der Waals surface area contributed by atoms with E-state index in [1.807, 2.05) is 37.3 Å². The Morgan fingerprint density at radius 1 is 1.13 bits per heavy atom. The Morgan fingerprint density at radius 3 is 2.57 bits per heavy atom. The fraction of sp³-hybridized carbons (Fsp3) is 0.222. The summed E-state index contributed by atoms with van der Waals surface area (Å²) >= 11 is 0. The monoisotopic (exact) mass is 315 g/mol. The molecular formula is C18H18FNO3. The van der Waals surface area contributed by atoms with E-state index < -0.39 is 24.3 Å². The molecule has 0 bridgehead atoms. The molecule has 120 valence electrons. The van der Waals surface area contributed by atoms with Gasteiger partial charge in [-0.2, -0.15) is 0 Å². The summed E-state index contributed by atoms with van der Waals surface area (Å²) in [4.78, 5) is 23.4. The van der Waals surface area contributed by atoms with E-state index in [4.69, 9.17) is 4.74 Å². The van der Waals surface area contributed by atoms with E-state index in [0.29, 0.717) is 6.54 Å². The van der Waals surface area contributed by atoms with Gasteiger partial charge in [0.2, 0.25) is 0 Å². The highest BCUT2D eigenvalue weighted by Gasteiger charge is 2.12. The SMILES string of the molecule is C[C@@H](CNC(=O)COC(=O)c1cccc(F)c1)c1ccccc1. The molecule has 0 aromatic heterocycles. The first-order valence-electron chi connectivity index (χ1n) is 7.30. The first-order chi connectivity index (χ1) is 11.1. The number of halogens is 1. The van der Waals surface area contributed by atoms with Crippen LogP contribution in [0.5, 0.6) is 0 Å². The number of ether oxygens (including phenoxy) is 1. The van der Waals surface area contributed by atoms with Crippen LogP contribution in [0.3, 0.4) is 0 Å². The lowest BCUT2D eigenvalue weighted by atomic mass is 10.0. The van der Waals surface area contributed by atoms with E-state index in [0.717, 1.165) is 11.6 Å². The highest BCUT2D eigenvalue weighted by Crippen LogP contribution is 2.12. The summed E-state index contributed by atoms with van der Waals surface area (Å²) in [5, 5.41) is 2.71. The number of esters is 1. The molecule has 0 heterocycles. The molecule has 2 aromatic rings. The van der Waals surface area contributed by atoms with Gasteiger partial charge in [-0.1, -0.05) is 43.3 Å². The molecule has 4 nitrogen and oxygen atoms in total. The van der Waals surface area contributed by atoms with Crippen molar-refractivity contribution in [2.75, 3.05) is 13.2 Å². The van der Waals surface area contributed by atoms with Crippen LogP contribution in [0.2, 0.25) is 0 Å². The molecule has 0 spiro atoms. The van der Waals surface area contributed by atoms with Crippen LogP contribution in [0.15, 0.2) is 54.6 Å². The Hall–Kier alpha value is -2.69. The van der Waals surface area contributed by atoms with Crippen molar-refractivity contribution in [2.24, 2.45) is 0 Å². The minimum Gasteiger partial charge on any atom is -0.452 e. The van der Waals surface area contributed by atoms with E-state index in [2.05, 4.69) is 5.32 Å². The van der Waals surface area contributed by atoms with Gasteiger partial charge in [0.25, 0.3) is 5.91 Å². The molecule has 2 rings (SSSR count). The van der Waals surface area contributed by atoms with Gasteiger partial charge in [-0.15, -0.1) is 0 Å². The molecular weight excluding hydrogens is 297 g/mol. The van der Waals surface area contributed by atoms with Crippen molar-refractivity contribution in [3.05, 3.63) is 71.5 Å². The number of benzene rings is 2. The van der Waals surface area contributed by atoms with Crippen molar-refractivity contribution in [1.82, 2.24) is 5.32 Å². The quantitative estimate of drug-likeness (QED) is 0.834. The van der Waals surface area contributed by atoms with E-state index in [9.17, 15) is 14.0 Å². The predicted molar refractivity (Wildman–Crippen MR) is 84.5 cm³/mol. The molecule has 5 heteroatoms. The normalized spacial score (nSPS) is 11.6. The zero-order valence-corrected chi connectivity index (χ0v) is 12.8. The molecule has 0 aliphatic heterocycles. The maximum Gasteiger partial charge on any atom is 0.338 e. The third-order valence-electron chi connectivity index (χ3n) is 3.37. The van der Waals surface area contributed by atoms with Crippen LogP contribution in [0.1, 0.15) is 28.8 Å². The topological polar surface area (TPSA) is 55.4 Å². The Labute approximate surface area is 134 Å². The van der Waals surface area contributed by atoms with Crippen molar-refractivity contribution in [2.45, 2.75) is 12.8 Å². The second-order valence-corrected chi connectivity index (χ2v) is 5.20. The third kappa shape index (κ3) is 5.21. The number of hydrogen-bond donors (Lipinski definition) is 1. The van der Waals surface area contributed by atoms with Gasteiger partial charge in [-0.3, -0.25) is 4.79 Å². The highest BCUT2D eigenvalue weighted by molar-refractivity contribution is 5.91. The zero-order valence-electron chi connectivity index (χ0n) is 12.8. The number of nitrogens with one attached hydrogen (secondary N) is 1. The van der Waals surface area contributed by atoms with Gasteiger partial charge in [0.15, 0.2) is 6.61 Å². The van der Waals surface area contributed by atoms with Gasteiger partial charge in [0, 0.05) is 6.54 Å². The minimum absolute atomic E-state index is 0.0791. The van der Waals surface area contributed by atoms with Crippen LogP contribution in [0.4, 0.5) is 4.39 Å². The molecule has 1 amide bonds. The Balaban J connectivity index is 1.76. The van der Waals surface area contributed by atoms with Crippen LogP contribution in [-0.2, 0) is 9.53 Å². The Morgan fingerprint density at radius 2 is 1.87 bits per heavy atom. The van der Waals surface area contributed by atoms with Crippen LogP contribution in [0, 0.1) is 5.82 Å². The van der Waals surface area contributed by atoms with E-state index >= 15 is 0 Å². The fourth-order valence-electron chi connectivity index (χ4n) is 2.05. The number of amides is 1. The van der Waals surface area contributed by atoms with Crippen molar-refractivity contribution >= 4 is 11.9 Å². The van der Waals surface area contributed by atoms with Gasteiger partial charge >= 0.3 is 5.97 Å². The summed E-state index contributed by atoms with van der Waals surface area (Å²) in [6.45, 7) is 2.05. The summed E-state index contributed by atoms with van der Waals surface area (Å²) in [6.07, 6.45) is 0. The second kappa shape index (κ2) is 8.08. The van der Waals surface area contributed by atoms with Crippen molar-refractivity contribution in [3.63, 3.8) is 0 Å². The molecule has 0 unspecified atom stereocenters. The Bertz CT molecular complexity index is 673. The first kappa shape index (κ1) is 16.7. The van der Waals surface area contributed by atoms with Crippen LogP contribution < -0.4 is 5.32 Å². The number of hydrogen-bond acceptors (Lipinski definition) is 3. The van der Waals surface area contributed by atoms with Crippen LogP contribution in [-0.4, -0.2) is 25.0 Å². The van der Waals surface area contributed by atoms with E-state index in [-0.39, 0.29) is 11.5 Å². The minimum atomic E-state index is -0.726. The van der Waals surface area contributed by atoms with Crippen molar-refractivity contribution in [1.29, 1.82) is 0 Å². The van der Waals surface area contributed by atoms with Crippen molar-refractivity contribution < 1.29 is 18.7 Å². The first-order valence-corrected chi connectivity index (χ1v) is 7.30. The highest BCUT2D eigenvalue weighted by atomic mass is 19.1. The summed E-state index contributed by atoms with van der Waals surface area (Å²) in [5.74, 6) is -1.49. The summed E-state index contributed by atoms with van der Waals surface area (Å²) < 4.78 is 17.9. The number of rotatable bonds is 6. The fourth-order valence-corrected chi connectivity index (χ4v) is 2.05. The molecule has 0 aliphatic carbocycles. The molecule has 0 fully saturated rings. The molecule has 2 aromatic carbocycles.